The number of hydrogen-bond donors (Lipinski definition) is 2. The maximum absolute atomic E-state index is 13.2. The molecule has 2 fully saturated rings. The topological polar surface area (TPSA) is 57.8 Å². The van der Waals surface area contributed by atoms with Gasteiger partial charge in [0.2, 0.25) is 0 Å². The molecule has 0 radical (unpaired) electrons. The van der Waals surface area contributed by atoms with Crippen LogP contribution in [0.5, 0.6) is 0 Å². The second kappa shape index (κ2) is 5.19. The largest absolute Gasteiger partial charge is 0.347 e. The fourth-order valence-corrected chi connectivity index (χ4v) is 3.51. The third-order valence-electron chi connectivity index (χ3n) is 4.32. The zero-order valence-corrected chi connectivity index (χ0v) is 13.4. The Morgan fingerprint density at radius 3 is 2.95 bits per heavy atom. The van der Waals surface area contributed by atoms with Crippen molar-refractivity contribution in [3.8, 4) is 0 Å². The molecule has 1 heterocycles. The van der Waals surface area contributed by atoms with Crippen molar-refractivity contribution in [3.63, 3.8) is 0 Å². The van der Waals surface area contributed by atoms with Crippen LogP contribution in [0, 0.1) is 5.82 Å². The molecule has 0 unspecified atom stereocenters. The average molecular weight is 364 g/mol. The van der Waals surface area contributed by atoms with E-state index in [2.05, 4.69) is 31.4 Å². The van der Waals surface area contributed by atoms with Gasteiger partial charge in [-0.15, -0.1) is 0 Å². The average Bonchev–Trinajstić information content (AvgIpc) is 3.40. The number of aromatic nitrogens is 2. The van der Waals surface area contributed by atoms with Crippen molar-refractivity contribution in [3.05, 3.63) is 51.5 Å². The molecule has 2 aromatic rings. The third-order valence-corrected chi connectivity index (χ3v) is 5.12. The molecule has 1 aromatic carbocycles. The number of nitrogens with one attached hydrogen (secondary N) is 2. The molecule has 22 heavy (non-hydrogen) atoms. The molecule has 1 amide bonds. The Morgan fingerprint density at radius 2 is 2.23 bits per heavy atom. The highest BCUT2D eigenvalue weighted by molar-refractivity contribution is 9.10. The second-order valence-electron chi connectivity index (χ2n) is 6.05. The Balaban J connectivity index is 1.43. The first-order valence-electron chi connectivity index (χ1n) is 7.43. The number of carbonyl (C=O) groups is 1. The van der Waals surface area contributed by atoms with E-state index in [0.29, 0.717) is 11.6 Å². The van der Waals surface area contributed by atoms with Gasteiger partial charge in [-0.25, -0.2) is 4.39 Å². The highest BCUT2D eigenvalue weighted by Crippen LogP contribution is 2.44. The third kappa shape index (κ3) is 2.56. The van der Waals surface area contributed by atoms with Crippen LogP contribution in [0.2, 0.25) is 0 Å². The van der Waals surface area contributed by atoms with Gasteiger partial charge in [0.15, 0.2) is 5.69 Å². The van der Waals surface area contributed by atoms with E-state index in [1.165, 1.54) is 12.1 Å². The highest BCUT2D eigenvalue weighted by atomic mass is 79.9. The van der Waals surface area contributed by atoms with Crippen LogP contribution in [-0.4, -0.2) is 22.1 Å². The van der Waals surface area contributed by atoms with Crippen molar-refractivity contribution in [1.82, 2.24) is 15.5 Å². The minimum Gasteiger partial charge on any atom is -0.347 e. The molecule has 0 saturated heterocycles. The monoisotopic (exact) mass is 363 g/mol. The summed E-state index contributed by atoms with van der Waals surface area (Å²) in [5.41, 5.74) is 2.36. The lowest BCUT2D eigenvalue weighted by Crippen LogP contribution is -2.27. The summed E-state index contributed by atoms with van der Waals surface area (Å²) in [4.78, 5) is 12.3. The highest BCUT2D eigenvalue weighted by Gasteiger charge is 2.40. The second-order valence-corrected chi connectivity index (χ2v) is 6.84. The molecule has 4 nitrogen and oxygen atoms in total. The van der Waals surface area contributed by atoms with Gasteiger partial charge in [0.25, 0.3) is 5.91 Å². The van der Waals surface area contributed by atoms with Crippen molar-refractivity contribution in [2.24, 2.45) is 0 Å². The summed E-state index contributed by atoms with van der Waals surface area (Å²) in [6.07, 6.45) is 3.13. The Labute approximate surface area is 135 Å². The van der Waals surface area contributed by atoms with Gasteiger partial charge in [-0.3, -0.25) is 9.89 Å². The minimum absolute atomic E-state index is 0.0577. The predicted molar refractivity (Wildman–Crippen MR) is 83.3 cm³/mol. The smallest absolute Gasteiger partial charge is 0.273 e. The van der Waals surface area contributed by atoms with E-state index in [4.69, 9.17) is 0 Å². The lowest BCUT2D eigenvalue weighted by atomic mass is 10.1. The van der Waals surface area contributed by atoms with E-state index in [9.17, 15) is 9.18 Å². The predicted octanol–water partition coefficient (Wildman–Crippen LogP) is 3.47. The van der Waals surface area contributed by atoms with Gasteiger partial charge >= 0.3 is 0 Å². The molecular formula is C16H15BrFN3O. The van der Waals surface area contributed by atoms with Gasteiger partial charge in [-0.2, -0.15) is 5.10 Å². The number of hydrogen-bond acceptors (Lipinski definition) is 2. The molecule has 2 atom stereocenters. The molecule has 2 aliphatic rings. The molecular weight excluding hydrogens is 349 g/mol. The van der Waals surface area contributed by atoms with E-state index < -0.39 is 0 Å². The minimum atomic E-state index is -0.237. The van der Waals surface area contributed by atoms with E-state index in [-0.39, 0.29) is 23.7 Å². The number of amides is 1. The summed E-state index contributed by atoms with van der Waals surface area (Å²) in [5, 5.41) is 10.1. The van der Waals surface area contributed by atoms with Crippen molar-refractivity contribution in [2.45, 2.75) is 37.1 Å². The van der Waals surface area contributed by atoms with Crippen LogP contribution in [-0.2, 0) is 0 Å². The lowest BCUT2D eigenvalue weighted by molar-refractivity contribution is 0.0944. The molecule has 2 aliphatic carbocycles. The maximum Gasteiger partial charge on any atom is 0.273 e. The standard InChI is InChI=1S/C16H15BrFN3O/c17-13-14(8-4-5-8)20-21-15(13)16(22)19-12-7-11(12)9-2-1-3-10(18)6-9/h1-3,6,8,11-12H,4-5,7H2,(H,19,22)(H,20,21)/t11-,12+/m1/s1. The number of carbonyl (C=O) groups excluding carboxylic acids is 1. The quantitative estimate of drug-likeness (QED) is 0.873. The van der Waals surface area contributed by atoms with Crippen LogP contribution in [0.4, 0.5) is 4.39 Å². The van der Waals surface area contributed by atoms with E-state index in [1.54, 1.807) is 6.07 Å². The van der Waals surface area contributed by atoms with Crippen LogP contribution < -0.4 is 5.32 Å². The number of H-pyrrole nitrogens is 1. The van der Waals surface area contributed by atoms with Crippen LogP contribution in [0.1, 0.15) is 52.8 Å². The molecule has 1 aromatic heterocycles. The number of nitrogens with zero attached hydrogens (tertiary/aromatic N) is 1. The Bertz CT molecular complexity index is 741. The first-order chi connectivity index (χ1) is 10.6. The summed E-state index contributed by atoms with van der Waals surface area (Å²) in [7, 11) is 0. The Morgan fingerprint density at radius 1 is 1.41 bits per heavy atom. The fourth-order valence-electron chi connectivity index (χ4n) is 2.83. The van der Waals surface area contributed by atoms with Crippen molar-refractivity contribution in [2.75, 3.05) is 0 Å². The van der Waals surface area contributed by atoms with Gasteiger partial charge in [0, 0.05) is 17.9 Å². The summed E-state index contributed by atoms with van der Waals surface area (Å²) < 4.78 is 14.0. The van der Waals surface area contributed by atoms with E-state index >= 15 is 0 Å². The summed E-state index contributed by atoms with van der Waals surface area (Å²) in [6.45, 7) is 0. The Hall–Kier alpha value is -1.69. The maximum atomic E-state index is 13.2. The molecule has 0 aliphatic heterocycles. The van der Waals surface area contributed by atoms with Gasteiger partial charge in [-0.1, -0.05) is 12.1 Å². The molecule has 114 valence electrons. The zero-order chi connectivity index (χ0) is 15.3. The van der Waals surface area contributed by atoms with Crippen LogP contribution in [0.15, 0.2) is 28.7 Å². The van der Waals surface area contributed by atoms with Crippen molar-refractivity contribution >= 4 is 21.8 Å². The van der Waals surface area contributed by atoms with Crippen molar-refractivity contribution < 1.29 is 9.18 Å². The Kier molecular flexibility index (Phi) is 3.29. The molecule has 2 N–H and O–H groups in total. The van der Waals surface area contributed by atoms with Gasteiger partial charge in [-0.05, 0) is 52.9 Å². The van der Waals surface area contributed by atoms with Crippen LogP contribution in [0.3, 0.4) is 0 Å². The van der Waals surface area contributed by atoms with Crippen molar-refractivity contribution in [1.29, 1.82) is 0 Å². The molecule has 0 spiro atoms. The number of benzene rings is 1. The normalized spacial score (nSPS) is 23.4. The van der Waals surface area contributed by atoms with Crippen LogP contribution in [0.25, 0.3) is 0 Å². The molecule has 4 rings (SSSR count). The van der Waals surface area contributed by atoms with E-state index in [1.807, 2.05) is 6.07 Å². The van der Waals surface area contributed by atoms with Gasteiger partial charge < -0.3 is 5.32 Å². The first-order valence-corrected chi connectivity index (χ1v) is 8.23. The van der Waals surface area contributed by atoms with Crippen LogP contribution >= 0.6 is 15.9 Å². The molecule has 6 heteroatoms. The summed E-state index contributed by atoms with van der Waals surface area (Å²) in [6, 6.07) is 6.62. The molecule has 0 bridgehead atoms. The number of aromatic amines is 1. The SMILES string of the molecule is O=C(N[C@H]1C[C@@H]1c1cccc(F)c1)c1n[nH]c(C2CC2)c1Br. The van der Waals surface area contributed by atoms with E-state index in [0.717, 1.165) is 35.0 Å². The summed E-state index contributed by atoms with van der Waals surface area (Å²) >= 11 is 3.47. The lowest BCUT2D eigenvalue weighted by Gasteiger charge is -2.04. The fraction of sp³-hybridized carbons (Fsp3) is 0.375. The van der Waals surface area contributed by atoms with Gasteiger partial charge in [0.05, 0.1) is 10.2 Å². The summed E-state index contributed by atoms with van der Waals surface area (Å²) in [5.74, 6) is 0.280. The van der Waals surface area contributed by atoms with Gasteiger partial charge in [0.1, 0.15) is 5.82 Å². The first kappa shape index (κ1) is 13.9. The molecule has 2 saturated carbocycles. The number of halogens is 2. The number of rotatable bonds is 4. The zero-order valence-electron chi connectivity index (χ0n) is 11.8.